The van der Waals surface area contributed by atoms with Crippen LogP contribution in [0, 0.1) is 0 Å². The van der Waals surface area contributed by atoms with Crippen molar-refractivity contribution in [2.45, 2.75) is 51.0 Å². The van der Waals surface area contributed by atoms with Gasteiger partial charge in [0.25, 0.3) is 0 Å². The molecular weight excluding hydrogens is 326 g/mol. The molecule has 0 saturated carbocycles. The molecule has 1 amide bonds. The number of unbranched alkanes of at least 4 members (excludes halogenated alkanes) is 3. The van der Waals surface area contributed by atoms with Crippen LogP contribution in [0.5, 0.6) is 0 Å². The van der Waals surface area contributed by atoms with E-state index in [1.54, 1.807) is 0 Å². The molecule has 26 heavy (non-hydrogen) atoms. The first-order valence-electron chi connectivity index (χ1n) is 9.35. The minimum Gasteiger partial charge on any atom is -0.480 e. The van der Waals surface area contributed by atoms with Crippen LogP contribution in [0.1, 0.15) is 56.1 Å². The summed E-state index contributed by atoms with van der Waals surface area (Å²) < 4.78 is 0. The van der Waals surface area contributed by atoms with E-state index in [0.29, 0.717) is 6.42 Å². The van der Waals surface area contributed by atoms with E-state index in [1.807, 2.05) is 48.5 Å². The molecular formula is C22H25NO3. The van der Waals surface area contributed by atoms with Gasteiger partial charge in [-0.3, -0.25) is 4.79 Å². The summed E-state index contributed by atoms with van der Waals surface area (Å²) in [4.78, 5) is 24.6. The van der Waals surface area contributed by atoms with E-state index in [0.717, 1.165) is 47.9 Å². The fourth-order valence-electron chi connectivity index (χ4n) is 3.73. The minimum atomic E-state index is -0.964. The number of benzene rings is 2. The number of nitrogens with one attached hydrogen (secondary N) is 1. The Balaban J connectivity index is 1.79. The van der Waals surface area contributed by atoms with Gasteiger partial charge in [-0.1, -0.05) is 81.1 Å². The van der Waals surface area contributed by atoms with Crippen molar-refractivity contribution in [3.8, 4) is 11.1 Å². The third kappa shape index (κ3) is 3.64. The summed E-state index contributed by atoms with van der Waals surface area (Å²) in [6, 6.07) is 14.9. The summed E-state index contributed by atoms with van der Waals surface area (Å²) in [5.74, 6) is -1.64. The van der Waals surface area contributed by atoms with Gasteiger partial charge >= 0.3 is 5.97 Å². The van der Waals surface area contributed by atoms with Crippen molar-refractivity contribution < 1.29 is 14.7 Å². The maximum Gasteiger partial charge on any atom is 0.326 e. The zero-order valence-corrected chi connectivity index (χ0v) is 15.1. The highest BCUT2D eigenvalue weighted by Crippen LogP contribution is 2.44. The normalized spacial score (nSPS) is 13.7. The van der Waals surface area contributed by atoms with Crippen molar-refractivity contribution in [2.75, 3.05) is 0 Å². The van der Waals surface area contributed by atoms with Crippen LogP contribution in [0.15, 0.2) is 48.5 Å². The molecule has 4 nitrogen and oxygen atoms in total. The third-order valence-electron chi connectivity index (χ3n) is 5.06. The highest BCUT2D eigenvalue weighted by molar-refractivity contribution is 5.97. The Bertz CT molecular complexity index is 754. The van der Waals surface area contributed by atoms with Gasteiger partial charge in [-0.05, 0) is 28.7 Å². The molecule has 1 atom stereocenters. The average molecular weight is 351 g/mol. The summed E-state index contributed by atoms with van der Waals surface area (Å²) in [5.41, 5.74) is 4.00. The first-order valence-corrected chi connectivity index (χ1v) is 9.35. The standard InChI is InChI=1S/C22H25NO3/c1-2-3-4-5-14-19(22(25)26)23-21(24)20-17-12-8-6-10-15(17)16-11-7-9-13-18(16)20/h6-13,19-20H,2-5,14H2,1H3,(H,23,24)(H,25,26)/t19-/m0/s1. The molecule has 1 aliphatic carbocycles. The molecule has 0 heterocycles. The van der Waals surface area contributed by atoms with Crippen LogP contribution in [0.3, 0.4) is 0 Å². The van der Waals surface area contributed by atoms with Crippen molar-refractivity contribution >= 4 is 11.9 Å². The molecule has 2 aromatic carbocycles. The number of carbonyl (C=O) groups is 2. The molecule has 0 saturated heterocycles. The van der Waals surface area contributed by atoms with E-state index in [9.17, 15) is 14.7 Å². The van der Waals surface area contributed by atoms with Crippen LogP contribution in [-0.4, -0.2) is 23.0 Å². The fourth-order valence-corrected chi connectivity index (χ4v) is 3.73. The number of carboxylic acids is 1. The Morgan fingerprint density at radius 1 is 0.962 bits per heavy atom. The Hall–Kier alpha value is -2.62. The van der Waals surface area contributed by atoms with Crippen LogP contribution in [0.4, 0.5) is 0 Å². The number of rotatable bonds is 8. The summed E-state index contributed by atoms with van der Waals surface area (Å²) >= 11 is 0. The van der Waals surface area contributed by atoms with Crippen LogP contribution < -0.4 is 5.32 Å². The lowest BCUT2D eigenvalue weighted by atomic mass is 9.95. The van der Waals surface area contributed by atoms with Gasteiger partial charge in [0.15, 0.2) is 0 Å². The van der Waals surface area contributed by atoms with Gasteiger partial charge in [-0.2, -0.15) is 0 Å². The maximum absolute atomic E-state index is 13.0. The van der Waals surface area contributed by atoms with Gasteiger partial charge in [0.1, 0.15) is 6.04 Å². The molecule has 0 radical (unpaired) electrons. The first kappa shape index (κ1) is 18.2. The number of amides is 1. The Labute approximate surface area is 154 Å². The van der Waals surface area contributed by atoms with E-state index in [2.05, 4.69) is 12.2 Å². The van der Waals surface area contributed by atoms with E-state index in [-0.39, 0.29) is 5.91 Å². The summed E-state index contributed by atoms with van der Waals surface area (Å²) in [6.07, 6.45) is 4.45. The van der Waals surface area contributed by atoms with Crippen molar-refractivity contribution in [2.24, 2.45) is 0 Å². The van der Waals surface area contributed by atoms with E-state index < -0.39 is 17.9 Å². The van der Waals surface area contributed by atoms with Crippen molar-refractivity contribution in [3.63, 3.8) is 0 Å². The predicted octanol–water partition coefficient (Wildman–Crippen LogP) is 4.34. The molecule has 0 spiro atoms. The quantitative estimate of drug-likeness (QED) is 0.695. The van der Waals surface area contributed by atoms with Crippen molar-refractivity contribution in [3.05, 3.63) is 59.7 Å². The number of carbonyl (C=O) groups excluding carboxylic acids is 1. The van der Waals surface area contributed by atoms with E-state index in [4.69, 9.17) is 0 Å². The van der Waals surface area contributed by atoms with E-state index >= 15 is 0 Å². The lowest BCUT2D eigenvalue weighted by Crippen LogP contribution is -2.43. The van der Waals surface area contributed by atoms with Gasteiger partial charge in [-0.15, -0.1) is 0 Å². The highest BCUT2D eigenvalue weighted by atomic mass is 16.4. The van der Waals surface area contributed by atoms with Gasteiger partial charge in [0.2, 0.25) is 5.91 Å². The topological polar surface area (TPSA) is 66.4 Å². The predicted molar refractivity (Wildman–Crippen MR) is 102 cm³/mol. The van der Waals surface area contributed by atoms with Crippen molar-refractivity contribution in [1.29, 1.82) is 0 Å². The molecule has 1 aliphatic rings. The van der Waals surface area contributed by atoms with Crippen LogP contribution in [-0.2, 0) is 9.59 Å². The Morgan fingerprint density at radius 3 is 2.08 bits per heavy atom. The van der Waals surface area contributed by atoms with Gasteiger partial charge in [-0.25, -0.2) is 4.79 Å². The lowest BCUT2D eigenvalue weighted by Gasteiger charge is -2.19. The molecule has 0 aliphatic heterocycles. The number of fused-ring (bicyclic) bond motifs is 3. The fraction of sp³-hybridized carbons (Fsp3) is 0.364. The summed E-state index contributed by atoms with van der Waals surface area (Å²) in [7, 11) is 0. The van der Waals surface area contributed by atoms with Crippen LogP contribution in [0.2, 0.25) is 0 Å². The maximum atomic E-state index is 13.0. The lowest BCUT2D eigenvalue weighted by molar-refractivity contribution is -0.142. The first-order chi connectivity index (χ1) is 12.6. The van der Waals surface area contributed by atoms with Gasteiger partial charge in [0.05, 0.1) is 5.92 Å². The Morgan fingerprint density at radius 2 is 1.54 bits per heavy atom. The second-order valence-corrected chi connectivity index (χ2v) is 6.86. The minimum absolute atomic E-state index is 0.231. The van der Waals surface area contributed by atoms with Crippen molar-refractivity contribution in [1.82, 2.24) is 5.32 Å². The molecule has 0 unspecified atom stereocenters. The zero-order chi connectivity index (χ0) is 18.5. The number of hydrogen-bond donors (Lipinski definition) is 2. The average Bonchev–Trinajstić information content (AvgIpc) is 2.98. The second kappa shape index (κ2) is 8.17. The SMILES string of the molecule is CCCCCC[C@H](NC(=O)C1c2ccccc2-c2ccccc21)C(=O)O. The van der Waals surface area contributed by atoms with Crippen LogP contribution >= 0.6 is 0 Å². The molecule has 0 fully saturated rings. The Kier molecular flexibility index (Phi) is 5.71. The molecule has 2 N–H and O–H groups in total. The molecule has 0 bridgehead atoms. The van der Waals surface area contributed by atoms with Gasteiger partial charge < -0.3 is 10.4 Å². The number of aliphatic carboxylic acids is 1. The second-order valence-electron chi connectivity index (χ2n) is 6.86. The molecule has 4 heteroatoms. The van der Waals surface area contributed by atoms with Gasteiger partial charge in [0, 0.05) is 0 Å². The van der Waals surface area contributed by atoms with Crippen LogP contribution in [0.25, 0.3) is 11.1 Å². The number of carboxylic acid groups (broad SMARTS) is 1. The summed E-state index contributed by atoms with van der Waals surface area (Å²) in [5, 5.41) is 12.3. The molecule has 2 aromatic rings. The summed E-state index contributed by atoms with van der Waals surface area (Å²) in [6.45, 7) is 2.12. The molecule has 3 rings (SSSR count). The molecule has 0 aromatic heterocycles. The molecule has 136 valence electrons. The highest BCUT2D eigenvalue weighted by Gasteiger charge is 2.35. The zero-order valence-electron chi connectivity index (χ0n) is 15.1. The number of hydrogen-bond acceptors (Lipinski definition) is 2. The third-order valence-corrected chi connectivity index (χ3v) is 5.06. The largest absolute Gasteiger partial charge is 0.480 e. The van der Waals surface area contributed by atoms with E-state index in [1.165, 1.54) is 0 Å². The smallest absolute Gasteiger partial charge is 0.326 e. The monoisotopic (exact) mass is 351 g/mol.